The summed E-state index contributed by atoms with van der Waals surface area (Å²) in [4.78, 5) is 47.0. The number of ether oxygens (including phenoxy) is 1. The molecule has 0 spiro atoms. The van der Waals surface area contributed by atoms with Crippen LogP contribution in [0.3, 0.4) is 0 Å². The molecule has 0 atom stereocenters. The minimum Gasteiger partial charge on any atom is -0.465 e. The zero-order valence-corrected chi connectivity index (χ0v) is 19.9. The smallest absolute Gasteiger partial charge is 0.348 e. The Kier molecular flexibility index (Phi) is 6.25. The largest absolute Gasteiger partial charge is 0.465 e. The van der Waals surface area contributed by atoms with E-state index in [9.17, 15) is 9.59 Å². The predicted octanol–water partition coefficient (Wildman–Crippen LogP) is 2.62. The molecule has 32 heavy (non-hydrogen) atoms. The Morgan fingerprint density at radius 1 is 1.19 bits per heavy atom. The van der Waals surface area contributed by atoms with E-state index >= 15 is 0 Å². The number of rotatable bonds is 5. The summed E-state index contributed by atoms with van der Waals surface area (Å²) < 4.78 is 4.82. The molecule has 4 rings (SSSR count). The van der Waals surface area contributed by atoms with E-state index in [0.717, 1.165) is 43.5 Å². The number of H-pyrrole nitrogens is 1. The van der Waals surface area contributed by atoms with Crippen molar-refractivity contribution in [2.45, 2.75) is 40.2 Å². The van der Waals surface area contributed by atoms with Crippen molar-refractivity contribution in [1.29, 1.82) is 0 Å². The van der Waals surface area contributed by atoms with Crippen molar-refractivity contribution in [3.63, 3.8) is 0 Å². The molecule has 1 N–H and O–H groups in total. The summed E-state index contributed by atoms with van der Waals surface area (Å²) in [7, 11) is 1.33. The van der Waals surface area contributed by atoms with E-state index in [1.54, 1.807) is 6.92 Å². The molecule has 0 radical (unpaired) electrons. The number of thiophene rings is 1. The van der Waals surface area contributed by atoms with E-state index in [1.807, 2.05) is 13.0 Å². The lowest BCUT2D eigenvalue weighted by Crippen LogP contribution is -2.46. The molecule has 1 aliphatic rings. The highest BCUT2D eigenvalue weighted by molar-refractivity contribution is 7.20. The average molecular weight is 457 g/mol. The van der Waals surface area contributed by atoms with E-state index in [4.69, 9.17) is 9.72 Å². The fourth-order valence-corrected chi connectivity index (χ4v) is 5.01. The molecule has 4 heterocycles. The maximum Gasteiger partial charge on any atom is 0.348 e. The Bertz CT molecular complexity index is 1210. The van der Waals surface area contributed by atoms with Crippen LogP contribution in [0.5, 0.6) is 0 Å². The molecular weight excluding hydrogens is 428 g/mol. The monoisotopic (exact) mass is 456 g/mol. The summed E-state index contributed by atoms with van der Waals surface area (Å²) in [6.07, 6.45) is 0. The summed E-state index contributed by atoms with van der Waals surface area (Å²) >= 11 is 1.20. The molecular formula is C22H28N6O3S. The number of carbonyl (C=O) groups excluding carboxylic acids is 1. The van der Waals surface area contributed by atoms with E-state index in [-0.39, 0.29) is 11.5 Å². The number of nitrogens with one attached hydrogen (secondary N) is 1. The van der Waals surface area contributed by atoms with Crippen LogP contribution in [-0.4, -0.2) is 64.1 Å². The van der Waals surface area contributed by atoms with Gasteiger partial charge in [-0.05, 0) is 19.4 Å². The molecule has 1 saturated heterocycles. The van der Waals surface area contributed by atoms with Gasteiger partial charge in [-0.15, -0.1) is 11.3 Å². The summed E-state index contributed by atoms with van der Waals surface area (Å²) in [5.41, 5.74) is 1.38. The Balaban J connectivity index is 1.48. The Morgan fingerprint density at radius 2 is 1.91 bits per heavy atom. The third-order valence-electron chi connectivity index (χ3n) is 5.66. The quantitative estimate of drug-likeness (QED) is 0.584. The molecule has 0 unspecified atom stereocenters. The number of nitrogens with zero attached hydrogens (tertiary/aromatic N) is 5. The van der Waals surface area contributed by atoms with Crippen LogP contribution in [0.4, 0.5) is 5.82 Å². The number of aromatic amines is 1. The SMILES string of the molecule is COC(=O)c1sc2nc(CN3CCN(c4cc(C)nc(C(C)C)n4)CC3)[nH]c(=O)c2c1C. The summed E-state index contributed by atoms with van der Waals surface area (Å²) in [6, 6.07) is 2.03. The van der Waals surface area contributed by atoms with Crippen LogP contribution in [0.1, 0.15) is 52.3 Å². The van der Waals surface area contributed by atoms with Crippen LogP contribution in [0.2, 0.25) is 0 Å². The highest BCUT2D eigenvalue weighted by Gasteiger charge is 2.22. The molecule has 3 aromatic heterocycles. The molecule has 10 heteroatoms. The van der Waals surface area contributed by atoms with Crippen LogP contribution >= 0.6 is 11.3 Å². The molecule has 0 amide bonds. The second-order valence-electron chi connectivity index (χ2n) is 8.38. The molecule has 0 saturated carbocycles. The normalized spacial score (nSPS) is 15.0. The van der Waals surface area contributed by atoms with Gasteiger partial charge in [0.1, 0.15) is 27.2 Å². The van der Waals surface area contributed by atoms with E-state index in [0.29, 0.717) is 33.0 Å². The predicted molar refractivity (Wildman–Crippen MR) is 125 cm³/mol. The Morgan fingerprint density at radius 3 is 2.56 bits per heavy atom. The number of carbonyl (C=O) groups is 1. The van der Waals surface area contributed by atoms with E-state index < -0.39 is 5.97 Å². The first kappa shape index (κ1) is 22.3. The first-order valence-corrected chi connectivity index (χ1v) is 11.5. The van der Waals surface area contributed by atoms with Gasteiger partial charge in [0.2, 0.25) is 0 Å². The van der Waals surface area contributed by atoms with Crippen LogP contribution < -0.4 is 10.5 Å². The van der Waals surface area contributed by atoms with Crippen molar-refractivity contribution in [2.75, 3.05) is 38.2 Å². The average Bonchev–Trinajstić information content (AvgIpc) is 3.10. The maximum absolute atomic E-state index is 12.7. The number of hydrogen-bond acceptors (Lipinski definition) is 9. The number of hydrogen-bond donors (Lipinski definition) is 1. The van der Waals surface area contributed by atoms with Crippen molar-refractivity contribution in [3.05, 3.63) is 44.2 Å². The van der Waals surface area contributed by atoms with Crippen LogP contribution in [0.25, 0.3) is 10.2 Å². The summed E-state index contributed by atoms with van der Waals surface area (Å²) in [6.45, 7) is 11.8. The van der Waals surface area contributed by atoms with Gasteiger partial charge in [-0.2, -0.15) is 0 Å². The number of aromatic nitrogens is 4. The topological polar surface area (TPSA) is 104 Å². The molecule has 0 bridgehead atoms. The van der Waals surface area contributed by atoms with Gasteiger partial charge >= 0.3 is 5.97 Å². The summed E-state index contributed by atoms with van der Waals surface area (Å²) in [5.74, 6) is 2.29. The Hall–Kier alpha value is -2.85. The lowest BCUT2D eigenvalue weighted by Gasteiger charge is -2.35. The molecule has 1 aliphatic heterocycles. The molecule has 170 valence electrons. The zero-order valence-electron chi connectivity index (χ0n) is 19.1. The third-order valence-corrected chi connectivity index (χ3v) is 6.83. The van der Waals surface area contributed by atoms with Gasteiger partial charge in [0.15, 0.2) is 0 Å². The molecule has 3 aromatic rings. The number of aryl methyl sites for hydroxylation is 2. The first-order valence-electron chi connectivity index (χ1n) is 10.7. The van der Waals surface area contributed by atoms with Gasteiger partial charge in [-0.3, -0.25) is 9.69 Å². The van der Waals surface area contributed by atoms with Gasteiger partial charge in [0, 0.05) is 43.9 Å². The lowest BCUT2D eigenvalue weighted by molar-refractivity contribution is 0.0605. The second kappa shape index (κ2) is 8.95. The first-order chi connectivity index (χ1) is 15.3. The number of anilines is 1. The van der Waals surface area contributed by atoms with Gasteiger partial charge in [-0.25, -0.2) is 19.7 Å². The number of esters is 1. The maximum atomic E-state index is 12.7. The van der Waals surface area contributed by atoms with Crippen molar-refractivity contribution >= 4 is 33.3 Å². The van der Waals surface area contributed by atoms with Gasteiger partial charge in [0.05, 0.1) is 19.0 Å². The fourth-order valence-electron chi connectivity index (χ4n) is 3.89. The number of fused-ring (bicyclic) bond motifs is 1. The molecule has 9 nitrogen and oxygen atoms in total. The van der Waals surface area contributed by atoms with Crippen LogP contribution in [0.15, 0.2) is 10.9 Å². The second-order valence-corrected chi connectivity index (χ2v) is 9.38. The third kappa shape index (κ3) is 4.37. The highest BCUT2D eigenvalue weighted by Crippen LogP contribution is 2.27. The van der Waals surface area contributed by atoms with Crippen molar-refractivity contribution in [2.24, 2.45) is 0 Å². The van der Waals surface area contributed by atoms with Crippen molar-refractivity contribution in [1.82, 2.24) is 24.8 Å². The highest BCUT2D eigenvalue weighted by atomic mass is 32.1. The van der Waals surface area contributed by atoms with Gasteiger partial charge < -0.3 is 14.6 Å². The minimum atomic E-state index is -0.442. The number of piperazine rings is 1. The van der Waals surface area contributed by atoms with Crippen molar-refractivity contribution in [3.8, 4) is 0 Å². The van der Waals surface area contributed by atoms with E-state index in [1.165, 1.54) is 18.4 Å². The van der Waals surface area contributed by atoms with Gasteiger partial charge in [-0.1, -0.05) is 13.8 Å². The molecule has 0 aromatic carbocycles. The van der Waals surface area contributed by atoms with E-state index in [2.05, 4.69) is 38.6 Å². The standard InChI is InChI=1S/C22H28N6O3S/c1-12(2)19-23-13(3)10-16(26-19)28-8-6-27(7-9-28)11-15-24-20(29)17-14(4)18(22(30)31-5)32-21(17)25-15/h10,12H,6-9,11H2,1-5H3,(H,24,25,29). The number of methoxy groups -OCH3 is 1. The molecule has 0 aliphatic carbocycles. The summed E-state index contributed by atoms with van der Waals surface area (Å²) in [5, 5.41) is 0.462. The van der Waals surface area contributed by atoms with Crippen molar-refractivity contribution < 1.29 is 9.53 Å². The van der Waals surface area contributed by atoms with Crippen LogP contribution in [0, 0.1) is 13.8 Å². The zero-order chi connectivity index (χ0) is 23.0. The Labute approximate surface area is 190 Å². The lowest BCUT2D eigenvalue weighted by atomic mass is 10.2. The fraction of sp³-hybridized carbons (Fsp3) is 0.500. The van der Waals surface area contributed by atoms with Crippen LogP contribution in [-0.2, 0) is 11.3 Å². The molecule has 1 fully saturated rings. The minimum absolute atomic E-state index is 0.217. The van der Waals surface area contributed by atoms with Gasteiger partial charge in [0.25, 0.3) is 5.56 Å².